The predicted octanol–water partition coefficient (Wildman–Crippen LogP) is 3.97. The van der Waals surface area contributed by atoms with Gasteiger partial charge in [-0.25, -0.2) is 0 Å². The summed E-state index contributed by atoms with van der Waals surface area (Å²) in [6, 6.07) is 7.53. The number of ketones is 1. The summed E-state index contributed by atoms with van der Waals surface area (Å²) in [5.74, 6) is 0.609. The van der Waals surface area contributed by atoms with Gasteiger partial charge in [-0.05, 0) is 24.0 Å². The molecule has 0 spiro atoms. The van der Waals surface area contributed by atoms with Crippen LogP contribution in [-0.2, 0) is 11.2 Å². The molecule has 0 saturated carbocycles. The highest BCUT2D eigenvalue weighted by molar-refractivity contribution is 6.31. The number of Topliss-reactive ketones (excluding diaryl/α,β-unsaturated/α-hetero) is 1. The Morgan fingerprint density at radius 3 is 2.82 bits per heavy atom. The van der Waals surface area contributed by atoms with E-state index < -0.39 is 0 Å². The van der Waals surface area contributed by atoms with E-state index in [4.69, 9.17) is 11.6 Å². The third-order valence-corrected chi connectivity index (χ3v) is 3.27. The van der Waals surface area contributed by atoms with E-state index in [1.54, 1.807) is 0 Å². The van der Waals surface area contributed by atoms with Gasteiger partial charge in [0, 0.05) is 17.9 Å². The summed E-state index contributed by atoms with van der Waals surface area (Å²) in [4.78, 5) is 11.9. The van der Waals surface area contributed by atoms with Crippen LogP contribution in [0.15, 0.2) is 48.6 Å². The first-order valence-electron chi connectivity index (χ1n) is 5.84. The summed E-state index contributed by atoms with van der Waals surface area (Å²) in [5, 5.41) is 0.680. The van der Waals surface area contributed by atoms with Crippen LogP contribution in [0.5, 0.6) is 0 Å². The number of hydrogen-bond acceptors (Lipinski definition) is 1. The zero-order valence-corrected chi connectivity index (χ0v) is 10.4. The molecule has 0 aliphatic heterocycles. The Labute approximate surface area is 107 Å². The van der Waals surface area contributed by atoms with E-state index in [0.717, 1.165) is 12.0 Å². The fraction of sp³-hybridized carbons (Fsp3) is 0.267. The van der Waals surface area contributed by atoms with Crippen LogP contribution in [0.2, 0.25) is 5.02 Å². The number of rotatable bonds is 4. The van der Waals surface area contributed by atoms with Crippen LogP contribution in [0.4, 0.5) is 0 Å². The lowest BCUT2D eigenvalue weighted by Crippen LogP contribution is -2.10. The van der Waals surface area contributed by atoms with Crippen LogP contribution in [0, 0.1) is 5.92 Å². The second kappa shape index (κ2) is 5.83. The maximum atomic E-state index is 11.9. The molecular weight excluding hydrogens is 232 g/mol. The molecule has 88 valence electrons. The fourth-order valence-electron chi connectivity index (χ4n) is 2.00. The van der Waals surface area contributed by atoms with Crippen LogP contribution in [0.1, 0.15) is 18.4 Å². The Balaban J connectivity index is 1.91. The SMILES string of the molecule is O=C(Cc1ccccc1Cl)CC1C=CC=CC1. The van der Waals surface area contributed by atoms with E-state index in [-0.39, 0.29) is 5.78 Å². The van der Waals surface area contributed by atoms with Crippen LogP contribution in [0.3, 0.4) is 0 Å². The average molecular weight is 247 g/mol. The van der Waals surface area contributed by atoms with Crippen molar-refractivity contribution in [2.75, 3.05) is 0 Å². The minimum Gasteiger partial charge on any atom is -0.299 e. The lowest BCUT2D eigenvalue weighted by molar-refractivity contribution is -0.119. The summed E-state index contributed by atoms with van der Waals surface area (Å²) in [6.07, 6.45) is 10.2. The topological polar surface area (TPSA) is 17.1 Å². The average Bonchev–Trinajstić information content (AvgIpc) is 2.33. The molecule has 1 aromatic rings. The molecule has 1 atom stereocenters. The van der Waals surface area contributed by atoms with Gasteiger partial charge in [-0.3, -0.25) is 4.79 Å². The number of carbonyl (C=O) groups is 1. The number of benzene rings is 1. The van der Waals surface area contributed by atoms with Gasteiger partial charge in [0.2, 0.25) is 0 Å². The summed E-state index contributed by atoms with van der Waals surface area (Å²) in [5.41, 5.74) is 0.925. The predicted molar refractivity (Wildman–Crippen MR) is 71.2 cm³/mol. The van der Waals surface area contributed by atoms with E-state index in [2.05, 4.69) is 12.2 Å². The second-order valence-electron chi connectivity index (χ2n) is 4.32. The third-order valence-electron chi connectivity index (χ3n) is 2.90. The summed E-state index contributed by atoms with van der Waals surface area (Å²) in [6.45, 7) is 0. The molecule has 1 aliphatic rings. The van der Waals surface area contributed by atoms with Gasteiger partial charge < -0.3 is 0 Å². The molecule has 0 heterocycles. The first-order valence-corrected chi connectivity index (χ1v) is 6.22. The molecule has 0 bridgehead atoms. The Kier molecular flexibility index (Phi) is 4.16. The number of carbonyl (C=O) groups excluding carboxylic acids is 1. The monoisotopic (exact) mass is 246 g/mol. The lowest BCUT2D eigenvalue weighted by Gasteiger charge is -2.12. The smallest absolute Gasteiger partial charge is 0.137 e. The molecule has 2 rings (SSSR count). The van der Waals surface area contributed by atoms with Crippen molar-refractivity contribution in [2.24, 2.45) is 5.92 Å². The molecule has 2 heteroatoms. The van der Waals surface area contributed by atoms with Gasteiger partial charge in [-0.2, -0.15) is 0 Å². The van der Waals surface area contributed by atoms with E-state index in [0.29, 0.717) is 23.8 Å². The lowest BCUT2D eigenvalue weighted by atomic mass is 9.93. The van der Waals surface area contributed by atoms with Crippen LogP contribution in [0.25, 0.3) is 0 Å². The molecule has 0 radical (unpaired) electrons. The van der Waals surface area contributed by atoms with Gasteiger partial charge in [-0.15, -0.1) is 0 Å². The standard InChI is InChI=1S/C15H15ClO/c16-15-9-5-4-8-13(15)11-14(17)10-12-6-2-1-3-7-12/h1-6,8-9,12H,7,10-11H2. The highest BCUT2D eigenvalue weighted by atomic mass is 35.5. The van der Waals surface area contributed by atoms with Gasteiger partial charge in [0.1, 0.15) is 5.78 Å². The van der Waals surface area contributed by atoms with Gasteiger partial charge >= 0.3 is 0 Å². The van der Waals surface area contributed by atoms with Crippen molar-refractivity contribution in [2.45, 2.75) is 19.3 Å². The van der Waals surface area contributed by atoms with Gasteiger partial charge in [0.25, 0.3) is 0 Å². The molecule has 0 N–H and O–H groups in total. The van der Waals surface area contributed by atoms with E-state index >= 15 is 0 Å². The quantitative estimate of drug-likeness (QED) is 0.786. The molecule has 1 nitrogen and oxygen atoms in total. The Morgan fingerprint density at radius 2 is 2.12 bits per heavy atom. The maximum Gasteiger partial charge on any atom is 0.137 e. The van der Waals surface area contributed by atoms with Crippen LogP contribution >= 0.6 is 11.6 Å². The summed E-state index contributed by atoms with van der Waals surface area (Å²) < 4.78 is 0. The van der Waals surface area contributed by atoms with Gasteiger partial charge in [-0.1, -0.05) is 54.1 Å². The number of allylic oxidation sites excluding steroid dienone is 4. The highest BCUT2D eigenvalue weighted by Crippen LogP contribution is 2.20. The fourth-order valence-corrected chi connectivity index (χ4v) is 2.20. The van der Waals surface area contributed by atoms with Crippen molar-refractivity contribution in [1.29, 1.82) is 0 Å². The minimum absolute atomic E-state index is 0.253. The first kappa shape index (κ1) is 12.1. The number of hydrogen-bond donors (Lipinski definition) is 0. The Hall–Kier alpha value is -1.34. The third kappa shape index (κ3) is 3.57. The van der Waals surface area contributed by atoms with Gasteiger partial charge in [0.15, 0.2) is 0 Å². The van der Waals surface area contributed by atoms with Crippen molar-refractivity contribution in [3.05, 3.63) is 59.2 Å². The number of halogens is 1. The largest absolute Gasteiger partial charge is 0.299 e. The van der Waals surface area contributed by atoms with E-state index in [9.17, 15) is 4.79 Å². The minimum atomic E-state index is 0.253. The van der Waals surface area contributed by atoms with Crippen LogP contribution in [-0.4, -0.2) is 5.78 Å². The first-order chi connectivity index (χ1) is 8.25. The molecule has 1 unspecified atom stereocenters. The molecule has 1 aromatic carbocycles. The zero-order chi connectivity index (χ0) is 12.1. The molecule has 0 fully saturated rings. The maximum absolute atomic E-state index is 11.9. The van der Waals surface area contributed by atoms with Crippen molar-refractivity contribution < 1.29 is 4.79 Å². The molecule has 0 saturated heterocycles. The summed E-state index contributed by atoms with van der Waals surface area (Å²) in [7, 11) is 0. The molecule has 1 aliphatic carbocycles. The molecule has 17 heavy (non-hydrogen) atoms. The summed E-state index contributed by atoms with van der Waals surface area (Å²) >= 11 is 6.03. The molecule has 0 amide bonds. The van der Waals surface area contributed by atoms with E-state index in [1.165, 1.54) is 0 Å². The van der Waals surface area contributed by atoms with Crippen molar-refractivity contribution in [3.8, 4) is 0 Å². The highest BCUT2D eigenvalue weighted by Gasteiger charge is 2.12. The van der Waals surface area contributed by atoms with E-state index in [1.807, 2.05) is 36.4 Å². The second-order valence-corrected chi connectivity index (χ2v) is 4.73. The molecular formula is C15H15ClO. The van der Waals surface area contributed by atoms with Crippen molar-refractivity contribution in [1.82, 2.24) is 0 Å². The van der Waals surface area contributed by atoms with Gasteiger partial charge in [0.05, 0.1) is 0 Å². The normalized spacial score (nSPS) is 18.3. The van der Waals surface area contributed by atoms with Crippen molar-refractivity contribution in [3.63, 3.8) is 0 Å². The van der Waals surface area contributed by atoms with Crippen LogP contribution < -0.4 is 0 Å². The Morgan fingerprint density at radius 1 is 1.29 bits per heavy atom. The van der Waals surface area contributed by atoms with Crippen molar-refractivity contribution >= 4 is 17.4 Å². The zero-order valence-electron chi connectivity index (χ0n) is 9.60. The molecule has 0 aromatic heterocycles. The Bertz CT molecular complexity index is 460.